The molecule has 0 aliphatic rings. The molecule has 0 aliphatic carbocycles. The lowest BCUT2D eigenvalue weighted by molar-refractivity contribution is 0.504. The molecular weight excluding hydrogens is 300 g/mol. The van der Waals surface area contributed by atoms with E-state index >= 15 is 0 Å². The van der Waals surface area contributed by atoms with E-state index in [0.29, 0.717) is 12.4 Å². The van der Waals surface area contributed by atoms with Crippen LogP contribution >= 0.6 is 27.3 Å². The Labute approximate surface area is 113 Å². The highest BCUT2D eigenvalue weighted by molar-refractivity contribution is 9.10. The van der Waals surface area contributed by atoms with Crippen molar-refractivity contribution in [2.75, 3.05) is 5.73 Å². The summed E-state index contributed by atoms with van der Waals surface area (Å²) in [6, 6.07) is 2.04. The molecule has 92 valence electrons. The molecule has 0 saturated heterocycles. The van der Waals surface area contributed by atoms with Gasteiger partial charge in [-0.15, -0.1) is 16.4 Å². The Hall–Kier alpha value is -0.880. The monoisotopic (exact) mass is 314 g/mol. The maximum atomic E-state index is 5.89. The minimum absolute atomic E-state index is 0.0582. The zero-order chi connectivity index (χ0) is 12.6. The van der Waals surface area contributed by atoms with E-state index in [4.69, 9.17) is 5.73 Å². The molecule has 0 aromatic carbocycles. The summed E-state index contributed by atoms with van der Waals surface area (Å²) < 4.78 is 2.99. The Bertz CT molecular complexity index is 524. The van der Waals surface area contributed by atoms with Crippen molar-refractivity contribution in [3.63, 3.8) is 0 Å². The average Bonchev–Trinajstić information content (AvgIpc) is 2.74. The standard InChI is InChI=1S/C11H15BrN4S/c1-11(2,3)9-10(13)14-15-16(9)6-8-7(12)4-5-17-8/h4-5H,6,13H2,1-3H3. The third kappa shape index (κ3) is 2.52. The smallest absolute Gasteiger partial charge is 0.169 e. The predicted molar refractivity (Wildman–Crippen MR) is 74.3 cm³/mol. The molecule has 2 aromatic heterocycles. The molecular formula is C11H15BrN4S. The van der Waals surface area contributed by atoms with E-state index in [-0.39, 0.29) is 5.41 Å². The van der Waals surface area contributed by atoms with Crippen LogP contribution in [-0.4, -0.2) is 15.0 Å². The quantitative estimate of drug-likeness (QED) is 0.927. The first-order valence-corrected chi connectivity index (χ1v) is 6.98. The molecule has 4 nitrogen and oxygen atoms in total. The number of hydrogen-bond donors (Lipinski definition) is 1. The Morgan fingerprint density at radius 3 is 2.71 bits per heavy atom. The van der Waals surface area contributed by atoms with Crippen LogP contribution in [-0.2, 0) is 12.0 Å². The fourth-order valence-corrected chi connectivity index (χ4v) is 3.24. The zero-order valence-corrected chi connectivity index (χ0v) is 12.5. The molecule has 6 heteroatoms. The number of rotatable bonds is 2. The number of nitrogens with zero attached hydrogens (tertiary/aromatic N) is 3. The first-order chi connectivity index (χ1) is 7.89. The molecule has 0 fully saturated rings. The van der Waals surface area contributed by atoms with Gasteiger partial charge in [-0.3, -0.25) is 0 Å². The van der Waals surface area contributed by atoms with Crippen LogP contribution < -0.4 is 5.73 Å². The second kappa shape index (κ2) is 4.42. The van der Waals surface area contributed by atoms with Crippen molar-refractivity contribution in [1.82, 2.24) is 15.0 Å². The Morgan fingerprint density at radius 1 is 1.47 bits per heavy atom. The molecule has 2 aromatic rings. The van der Waals surface area contributed by atoms with E-state index in [0.717, 1.165) is 10.2 Å². The van der Waals surface area contributed by atoms with Crippen LogP contribution in [0, 0.1) is 0 Å². The molecule has 2 heterocycles. The summed E-state index contributed by atoms with van der Waals surface area (Å²) in [5.41, 5.74) is 6.82. The van der Waals surface area contributed by atoms with Crippen LogP contribution in [0.5, 0.6) is 0 Å². The first-order valence-electron chi connectivity index (χ1n) is 5.31. The van der Waals surface area contributed by atoms with Crippen LogP contribution in [0.2, 0.25) is 0 Å². The van der Waals surface area contributed by atoms with Gasteiger partial charge in [-0.25, -0.2) is 4.68 Å². The summed E-state index contributed by atoms with van der Waals surface area (Å²) in [6.45, 7) is 7.04. The Kier molecular flexibility index (Phi) is 3.27. The predicted octanol–water partition coefficient (Wildman–Crippen LogP) is 3.03. The maximum absolute atomic E-state index is 5.89. The van der Waals surface area contributed by atoms with Crippen LogP contribution in [0.25, 0.3) is 0 Å². The van der Waals surface area contributed by atoms with Crippen LogP contribution in [0.3, 0.4) is 0 Å². The van der Waals surface area contributed by atoms with E-state index < -0.39 is 0 Å². The van der Waals surface area contributed by atoms with E-state index in [1.165, 1.54) is 4.88 Å². The van der Waals surface area contributed by atoms with E-state index in [9.17, 15) is 0 Å². The fraction of sp³-hybridized carbons (Fsp3) is 0.455. The van der Waals surface area contributed by atoms with Crippen molar-refractivity contribution in [3.8, 4) is 0 Å². The molecule has 0 saturated carbocycles. The van der Waals surface area contributed by atoms with Crippen LogP contribution in [0.15, 0.2) is 15.9 Å². The van der Waals surface area contributed by atoms with Crippen molar-refractivity contribution in [3.05, 3.63) is 26.5 Å². The second-order valence-corrected chi connectivity index (χ2v) is 6.78. The molecule has 0 radical (unpaired) electrons. The number of hydrogen-bond acceptors (Lipinski definition) is 4. The maximum Gasteiger partial charge on any atom is 0.169 e. The third-order valence-corrected chi connectivity index (χ3v) is 4.37. The highest BCUT2D eigenvalue weighted by Gasteiger charge is 2.24. The molecule has 0 spiro atoms. The molecule has 2 rings (SSSR count). The van der Waals surface area contributed by atoms with Gasteiger partial charge < -0.3 is 5.73 Å². The summed E-state index contributed by atoms with van der Waals surface area (Å²) in [7, 11) is 0. The number of nitrogen functional groups attached to an aromatic ring is 1. The van der Waals surface area contributed by atoms with Gasteiger partial charge in [0, 0.05) is 14.8 Å². The lowest BCUT2D eigenvalue weighted by atomic mass is 9.92. The van der Waals surface area contributed by atoms with Gasteiger partial charge in [0.25, 0.3) is 0 Å². The SMILES string of the molecule is CC(C)(C)c1c(N)nnn1Cc1sccc1Br. The molecule has 0 unspecified atom stereocenters. The topological polar surface area (TPSA) is 56.7 Å². The van der Waals surface area contributed by atoms with Crippen molar-refractivity contribution in [2.24, 2.45) is 0 Å². The highest BCUT2D eigenvalue weighted by Crippen LogP contribution is 2.29. The van der Waals surface area contributed by atoms with E-state index in [1.807, 2.05) is 10.7 Å². The van der Waals surface area contributed by atoms with Gasteiger partial charge in [-0.05, 0) is 27.4 Å². The minimum Gasteiger partial charge on any atom is -0.381 e. The second-order valence-electron chi connectivity index (χ2n) is 4.92. The van der Waals surface area contributed by atoms with E-state index in [2.05, 4.69) is 52.4 Å². The van der Waals surface area contributed by atoms with Crippen LogP contribution in [0.1, 0.15) is 31.3 Å². The first kappa shape index (κ1) is 12.6. The van der Waals surface area contributed by atoms with Crippen molar-refractivity contribution >= 4 is 33.1 Å². The van der Waals surface area contributed by atoms with Crippen LogP contribution in [0.4, 0.5) is 5.82 Å². The summed E-state index contributed by atoms with van der Waals surface area (Å²) in [6.07, 6.45) is 0. The molecule has 0 bridgehead atoms. The third-order valence-electron chi connectivity index (χ3n) is 2.46. The largest absolute Gasteiger partial charge is 0.381 e. The number of halogens is 1. The van der Waals surface area contributed by atoms with E-state index in [1.54, 1.807) is 11.3 Å². The lowest BCUT2D eigenvalue weighted by Gasteiger charge is -2.19. The van der Waals surface area contributed by atoms with Gasteiger partial charge >= 0.3 is 0 Å². The lowest BCUT2D eigenvalue weighted by Crippen LogP contribution is -2.20. The average molecular weight is 315 g/mol. The van der Waals surface area contributed by atoms with Gasteiger partial charge in [-0.1, -0.05) is 26.0 Å². The Morgan fingerprint density at radius 2 is 2.18 bits per heavy atom. The van der Waals surface area contributed by atoms with Crippen molar-refractivity contribution in [1.29, 1.82) is 0 Å². The van der Waals surface area contributed by atoms with Gasteiger partial charge in [0.15, 0.2) is 5.82 Å². The zero-order valence-electron chi connectivity index (χ0n) is 10.1. The van der Waals surface area contributed by atoms with Gasteiger partial charge in [0.1, 0.15) is 0 Å². The summed E-state index contributed by atoms with van der Waals surface area (Å²) in [5.74, 6) is 0.519. The fourth-order valence-electron chi connectivity index (χ4n) is 1.78. The number of nitrogens with two attached hydrogens (primary N) is 1. The summed E-state index contributed by atoms with van der Waals surface area (Å²) in [4.78, 5) is 1.22. The Balaban J connectivity index is 2.38. The normalized spacial score (nSPS) is 12.0. The number of thiophene rings is 1. The number of anilines is 1. The summed E-state index contributed by atoms with van der Waals surface area (Å²) in [5, 5.41) is 10.2. The van der Waals surface area contributed by atoms with Gasteiger partial charge in [0.2, 0.25) is 0 Å². The highest BCUT2D eigenvalue weighted by atomic mass is 79.9. The molecule has 0 aliphatic heterocycles. The summed E-state index contributed by atoms with van der Waals surface area (Å²) >= 11 is 5.22. The molecule has 17 heavy (non-hydrogen) atoms. The number of aromatic nitrogens is 3. The van der Waals surface area contributed by atoms with Gasteiger partial charge in [-0.2, -0.15) is 0 Å². The molecule has 0 amide bonds. The molecule has 2 N–H and O–H groups in total. The van der Waals surface area contributed by atoms with Gasteiger partial charge in [0.05, 0.1) is 12.2 Å². The van der Waals surface area contributed by atoms with Crippen molar-refractivity contribution < 1.29 is 0 Å². The van der Waals surface area contributed by atoms with Crippen molar-refractivity contribution in [2.45, 2.75) is 32.7 Å². The minimum atomic E-state index is -0.0582. The molecule has 0 atom stereocenters.